The first kappa shape index (κ1) is 28.9. The molecule has 0 N–H and O–H groups in total. The van der Waals surface area contributed by atoms with Crippen LogP contribution >= 0.6 is 0 Å². The molecule has 0 aliphatic heterocycles. The molecule has 4 heteroatoms. The number of esters is 2. The lowest BCUT2D eigenvalue weighted by Gasteiger charge is -2.06. The van der Waals surface area contributed by atoms with Crippen molar-refractivity contribution in [3.63, 3.8) is 0 Å². The molecule has 0 aliphatic rings. The molecule has 0 heterocycles. The number of hydrogen-bond donors (Lipinski definition) is 0. The van der Waals surface area contributed by atoms with E-state index >= 15 is 0 Å². The fraction of sp³-hybridized carbons (Fsp3) is 0.923. The molecule has 0 aromatic carbocycles. The van der Waals surface area contributed by atoms with Gasteiger partial charge in [-0.15, -0.1) is 0 Å². The van der Waals surface area contributed by atoms with Crippen LogP contribution in [0.15, 0.2) is 0 Å². The number of carbonyl (C=O) groups excluding carboxylic acids is 2. The van der Waals surface area contributed by atoms with Gasteiger partial charge in [-0.05, 0) is 19.3 Å². The summed E-state index contributed by atoms with van der Waals surface area (Å²) < 4.78 is 10.5. The Morgan fingerprint density at radius 3 is 1.07 bits per heavy atom. The van der Waals surface area contributed by atoms with Crippen LogP contribution in [0.1, 0.15) is 142 Å². The molecule has 0 unspecified atom stereocenters. The zero-order chi connectivity index (χ0) is 22.1. The number of unbranched alkanes of at least 4 members (excludes halogenated alkanes) is 15. The van der Waals surface area contributed by atoms with E-state index in [0.717, 1.165) is 25.7 Å². The third-order valence-corrected chi connectivity index (χ3v) is 5.53. The summed E-state index contributed by atoms with van der Waals surface area (Å²) in [4.78, 5) is 23.4. The molecule has 0 spiro atoms. The minimum Gasteiger partial charge on any atom is -0.466 e. The van der Waals surface area contributed by atoms with E-state index in [1.54, 1.807) is 0 Å². The summed E-state index contributed by atoms with van der Waals surface area (Å²) in [6.45, 7) is 5.48. The molecule has 30 heavy (non-hydrogen) atoms. The molecule has 0 saturated carbocycles. The van der Waals surface area contributed by atoms with Crippen LogP contribution in [0.25, 0.3) is 0 Å². The van der Waals surface area contributed by atoms with E-state index in [9.17, 15) is 9.59 Å². The molecule has 0 bridgehead atoms. The lowest BCUT2D eigenvalue weighted by molar-refractivity contribution is -0.145. The van der Waals surface area contributed by atoms with E-state index in [2.05, 4.69) is 13.8 Å². The van der Waals surface area contributed by atoms with Gasteiger partial charge in [-0.25, -0.2) is 0 Å². The monoisotopic (exact) mass is 426 g/mol. The molecule has 0 fully saturated rings. The van der Waals surface area contributed by atoms with Crippen molar-refractivity contribution in [2.75, 3.05) is 13.2 Å². The van der Waals surface area contributed by atoms with Crippen molar-refractivity contribution in [1.29, 1.82) is 0 Å². The molecule has 0 saturated heterocycles. The Labute approximate surface area is 186 Å². The zero-order valence-corrected chi connectivity index (χ0v) is 20.2. The normalized spacial score (nSPS) is 10.9. The maximum absolute atomic E-state index is 11.7. The highest BCUT2D eigenvalue weighted by molar-refractivity contribution is 5.72. The highest BCUT2D eigenvalue weighted by atomic mass is 16.5. The first-order valence-electron chi connectivity index (χ1n) is 13.0. The number of rotatable bonds is 23. The maximum atomic E-state index is 11.7. The quantitative estimate of drug-likeness (QED) is 0.123. The van der Waals surface area contributed by atoms with Crippen LogP contribution in [0.5, 0.6) is 0 Å². The Kier molecular flexibility index (Phi) is 23.4. The van der Waals surface area contributed by atoms with Gasteiger partial charge in [-0.2, -0.15) is 0 Å². The van der Waals surface area contributed by atoms with Crippen LogP contribution in [0, 0.1) is 0 Å². The summed E-state index contributed by atoms with van der Waals surface area (Å²) in [6, 6.07) is 0. The zero-order valence-electron chi connectivity index (χ0n) is 20.2. The lowest BCUT2D eigenvalue weighted by atomic mass is 10.1. The second kappa shape index (κ2) is 24.2. The van der Waals surface area contributed by atoms with Crippen molar-refractivity contribution in [2.45, 2.75) is 142 Å². The topological polar surface area (TPSA) is 52.6 Å². The molecule has 0 aliphatic carbocycles. The summed E-state index contributed by atoms with van der Waals surface area (Å²) in [5.74, 6) is -0.382. The molecule has 178 valence electrons. The highest BCUT2D eigenvalue weighted by Crippen LogP contribution is 2.11. The summed E-state index contributed by atoms with van der Waals surface area (Å²) >= 11 is 0. The van der Waals surface area contributed by atoms with Gasteiger partial charge in [-0.3, -0.25) is 9.59 Å². The molecule has 4 nitrogen and oxygen atoms in total. The SMILES string of the molecule is CCCCCCCCCCCCCOC(=O)CCCC(=O)OCCCCCCCC. The van der Waals surface area contributed by atoms with Gasteiger partial charge in [0.2, 0.25) is 0 Å². The Balaban J connectivity index is 3.29. The van der Waals surface area contributed by atoms with Crippen molar-refractivity contribution in [2.24, 2.45) is 0 Å². The van der Waals surface area contributed by atoms with Gasteiger partial charge >= 0.3 is 11.9 Å². The molecular formula is C26H50O4. The van der Waals surface area contributed by atoms with Crippen molar-refractivity contribution < 1.29 is 19.1 Å². The van der Waals surface area contributed by atoms with Gasteiger partial charge in [-0.1, -0.05) is 110 Å². The van der Waals surface area contributed by atoms with Gasteiger partial charge in [0, 0.05) is 12.8 Å². The van der Waals surface area contributed by atoms with Crippen LogP contribution in [-0.2, 0) is 19.1 Å². The van der Waals surface area contributed by atoms with E-state index in [1.807, 2.05) is 0 Å². The third kappa shape index (κ3) is 23.2. The summed E-state index contributed by atoms with van der Waals surface area (Å²) in [6.07, 6.45) is 22.4. The minimum absolute atomic E-state index is 0.189. The first-order valence-corrected chi connectivity index (χ1v) is 13.0. The second-order valence-electron chi connectivity index (χ2n) is 8.60. The van der Waals surface area contributed by atoms with Crippen LogP contribution in [0.2, 0.25) is 0 Å². The second-order valence-corrected chi connectivity index (χ2v) is 8.60. The number of hydrogen-bond acceptors (Lipinski definition) is 4. The molecule has 0 atom stereocenters. The van der Waals surface area contributed by atoms with Crippen LogP contribution < -0.4 is 0 Å². The largest absolute Gasteiger partial charge is 0.466 e. The van der Waals surface area contributed by atoms with E-state index in [0.29, 0.717) is 32.5 Å². The molecule has 0 radical (unpaired) electrons. The fourth-order valence-electron chi connectivity index (χ4n) is 3.54. The van der Waals surface area contributed by atoms with E-state index in [-0.39, 0.29) is 11.9 Å². The number of carbonyl (C=O) groups is 2. The Morgan fingerprint density at radius 2 is 0.733 bits per heavy atom. The minimum atomic E-state index is -0.193. The Bertz CT molecular complexity index is 381. The van der Waals surface area contributed by atoms with Crippen molar-refractivity contribution in [3.05, 3.63) is 0 Å². The van der Waals surface area contributed by atoms with Gasteiger partial charge < -0.3 is 9.47 Å². The predicted molar refractivity (Wildman–Crippen MR) is 126 cm³/mol. The van der Waals surface area contributed by atoms with Crippen LogP contribution in [0.4, 0.5) is 0 Å². The van der Waals surface area contributed by atoms with Crippen molar-refractivity contribution in [1.82, 2.24) is 0 Å². The van der Waals surface area contributed by atoms with Crippen molar-refractivity contribution >= 4 is 11.9 Å². The average molecular weight is 427 g/mol. The average Bonchev–Trinajstić information content (AvgIpc) is 2.74. The summed E-state index contributed by atoms with van der Waals surface area (Å²) in [5.41, 5.74) is 0. The summed E-state index contributed by atoms with van der Waals surface area (Å²) in [7, 11) is 0. The molecular weight excluding hydrogens is 376 g/mol. The van der Waals surface area contributed by atoms with E-state index in [1.165, 1.54) is 83.5 Å². The smallest absolute Gasteiger partial charge is 0.305 e. The van der Waals surface area contributed by atoms with E-state index in [4.69, 9.17) is 9.47 Å². The molecule has 0 rings (SSSR count). The molecule has 0 aromatic rings. The fourth-order valence-corrected chi connectivity index (χ4v) is 3.54. The van der Waals surface area contributed by atoms with Crippen molar-refractivity contribution in [3.8, 4) is 0 Å². The Hall–Kier alpha value is -1.06. The van der Waals surface area contributed by atoms with Crippen LogP contribution in [-0.4, -0.2) is 25.2 Å². The highest BCUT2D eigenvalue weighted by Gasteiger charge is 2.07. The Morgan fingerprint density at radius 1 is 0.433 bits per heavy atom. The molecule has 0 aromatic heterocycles. The first-order chi connectivity index (χ1) is 14.7. The van der Waals surface area contributed by atoms with E-state index < -0.39 is 0 Å². The van der Waals surface area contributed by atoms with Gasteiger partial charge in [0.15, 0.2) is 0 Å². The van der Waals surface area contributed by atoms with Gasteiger partial charge in [0.25, 0.3) is 0 Å². The third-order valence-electron chi connectivity index (χ3n) is 5.53. The summed E-state index contributed by atoms with van der Waals surface area (Å²) in [5, 5.41) is 0. The lowest BCUT2D eigenvalue weighted by Crippen LogP contribution is -2.09. The maximum Gasteiger partial charge on any atom is 0.305 e. The molecule has 0 amide bonds. The predicted octanol–water partition coefficient (Wildman–Crippen LogP) is 7.91. The van der Waals surface area contributed by atoms with Crippen LogP contribution in [0.3, 0.4) is 0 Å². The van der Waals surface area contributed by atoms with Gasteiger partial charge in [0.05, 0.1) is 13.2 Å². The number of ether oxygens (including phenoxy) is 2. The standard InChI is InChI=1S/C26H50O4/c1-3-5-7-9-11-12-13-14-15-17-19-24-30-26(28)22-20-21-25(27)29-23-18-16-10-8-6-4-2/h3-24H2,1-2H3. The van der Waals surface area contributed by atoms with Gasteiger partial charge in [0.1, 0.15) is 0 Å².